The van der Waals surface area contributed by atoms with Gasteiger partial charge in [-0.05, 0) is 18.2 Å². The van der Waals surface area contributed by atoms with E-state index in [-0.39, 0.29) is 5.56 Å². The van der Waals surface area contributed by atoms with E-state index in [0.717, 1.165) is 4.57 Å². The summed E-state index contributed by atoms with van der Waals surface area (Å²) in [6.07, 6.45) is 1.42. The summed E-state index contributed by atoms with van der Waals surface area (Å²) < 4.78 is 7.40. The Kier molecular flexibility index (Phi) is 3.25. The number of aromatic nitrogens is 2. The molecule has 0 saturated heterocycles. The summed E-state index contributed by atoms with van der Waals surface area (Å²) in [5.74, 6) is 0.526. The highest BCUT2D eigenvalue weighted by atomic mass is 35.5. The van der Waals surface area contributed by atoms with Crippen LogP contribution >= 0.6 is 11.6 Å². The first kappa shape index (κ1) is 12.4. The SMILES string of the molecule is COc1ccc(-n2ccc(=O)n(C)c2=O)cc1Cl. The lowest BCUT2D eigenvalue weighted by molar-refractivity contribution is 0.415. The largest absolute Gasteiger partial charge is 0.495 e. The van der Waals surface area contributed by atoms with E-state index in [4.69, 9.17) is 16.3 Å². The molecule has 1 heterocycles. The maximum atomic E-state index is 11.9. The highest BCUT2D eigenvalue weighted by molar-refractivity contribution is 6.32. The van der Waals surface area contributed by atoms with Gasteiger partial charge in [0.2, 0.25) is 0 Å². The number of nitrogens with zero attached hydrogens (tertiary/aromatic N) is 2. The first-order chi connectivity index (χ1) is 8.54. The molecule has 94 valence electrons. The third-order valence-corrected chi connectivity index (χ3v) is 2.90. The van der Waals surface area contributed by atoms with E-state index in [1.165, 1.54) is 31.0 Å². The number of ether oxygens (including phenoxy) is 1. The lowest BCUT2D eigenvalue weighted by Crippen LogP contribution is -2.36. The summed E-state index contributed by atoms with van der Waals surface area (Å²) in [4.78, 5) is 23.2. The molecule has 0 aliphatic rings. The Hall–Kier alpha value is -2.01. The number of hydrogen-bond acceptors (Lipinski definition) is 3. The fourth-order valence-electron chi connectivity index (χ4n) is 1.57. The van der Waals surface area contributed by atoms with Crippen molar-refractivity contribution in [2.75, 3.05) is 7.11 Å². The molecule has 0 fully saturated rings. The van der Waals surface area contributed by atoms with E-state index >= 15 is 0 Å². The van der Waals surface area contributed by atoms with E-state index in [1.807, 2.05) is 0 Å². The van der Waals surface area contributed by atoms with Crippen molar-refractivity contribution in [3.63, 3.8) is 0 Å². The van der Waals surface area contributed by atoms with E-state index < -0.39 is 5.69 Å². The van der Waals surface area contributed by atoms with E-state index in [1.54, 1.807) is 18.2 Å². The molecule has 0 unspecified atom stereocenters. The number of benzene rings is 1. The molecule has 0 aliphatic heterocycles. The quantitative estimate of drug-likeness (QED) is 0.821. The number of halogens is 1. The Morgan fingerprint density at radius 3 is 2.56 bits per heavy atom. The zero-order chi connectivity index (χ0) is 13.3. The van der Waals surface area contributed by atoms with Gasteiger partial charge in [0, 0.05) is 19.3 Å². The van der Waals surface area contributed by atoms with Gasteiger partial charge in [-0.2, -0.15) is 0 Å². The van der Waals surface area contributed by atoms with Crippen molar-refractivity contribution in [2.24, 2.45) is 7.05 Å². The van der Waals surface area contributed by atoms with Crippen LogP contribution in [-0.2, 0) is 7.05 Å². The van der Waals surface area contributed by atoms with Crippen molar-refractivity contribution in [3.05, 3.63) is 56.3 Å². The van der Waals surface area contributed by atoms with E-state index in [9.17, 15) is 9.59 Å². The van der Waals surface area contributed by atoms with Crippen molar-refractivity contribution in [2.45, 2.75) is 0 Å². The predicted octanol–water partition coefficient (Wildman–Crippen LogP) is 1.20. The molecule has 5 nitrogen and oxygen atoms in total. The van der Waals surface area contributed by atoms with Crippen LogP contribution in [0.25, 0.3) is 5.69 Å². The van der Waals surface area contributed by atoms with Gasteiger partial charge >= 0.3 is 5.69 Å². The van der Waals surface area contributed by atoms with Crippen LogP contribution in [0, 0.1) is 0 Å². The topological polar surface area (TPSA) is 53.2 Å². The van der Waals surface area contributed by atoms with Crippen molar-refractivity contribution in [1.82, 2.24) is 9.13 Å². The summed E-state index contributed by atoms with van der Waals surface area (Å²) >= 11 is 5.99. The summed E-state index contributed by atoms with van der Waals surface area (Å²) in [6, 6.07) is 6.28. The van der Waals surface area contributed by atoms with Crippen molar-refractivity contribution in [1.29, 1.82) is 0 Å². The normalized spacial score (nSPS) is 10.4. The van der Waals surface area contributed by atoms with Crippen LogP contribution in [0.3, 0.4) is 0 Å². The number of methoxy groups -OCH3 is 1. The Labute approximate surface area is 108 Å². The molecule has 0 amide bonds. The third-order valence-electron chi connectivity index (χ3n) is 2.60. The van der Waals surface area contributed by atoms with Crippen LogP contribution in [0.15, 0.2) is 40.1 Å². The highest BCUT2D eigenvalue weighted by Crippen LogP contribution is 2.25. The average molecular weight is 267 g/mol. The number of hydrogen-bond donors (Lipinski definition) is 0. The van der Waals surface area contributed by atoms with Gasteiger partial charge < -0.3 is 4.74 Å². The van der Waals surface area contributed by atoms with Gasteiger partial charge in [0.05, 0.1) is 17.8 Å². The summed E-state index contributed by atoms with van der Waals surface area (Å²) in [6.45, 7) is 0. The summed E-state index contributed by atoms with van der Waals surface area (Å²) in [5.41, 5.74) is -0.207. The molecule has 6 heteroatoms. The van der Waals surface area contributed by atoms with Crippen molar-refractivity contribution in [3.8, 4) is 11.4 Å². The maximum Gasteiger partial charge on any atom is 0.335 e. The standard InChI is InChI=1S/C12H11ClN2O3/c1-14-11(16)5-6-15(12(14)17)8-3-4-10(18-2)9(13)7-8/h3-7H,1-2H3. The van der Waals surface area contributed by atoms with Crippen LogP contribution in [0.4, 0.5) is 0 Å². The van der Waals surface area contributed by atoms with Gasteiger partial charge in [-0.3, -0.25) is 13.9 Å². The van der Waals surface area contributed by atoms with E-state index in [0.29, 0.717) is 16.5 Å². The zero-order valence-corrected chi connectivity index (χ0v) is 10.6. The molecule has 0 saturated carbocycles. The fraction of sp³-hybridized carbons (Fsp3) is 0.167. The minimum absolute atomic E-state index is 0.351. The number of rotatable bonds is 2. The molecule has 0 bridgehead atoms. The van der Waals surface area contributed by atoms with Crippen molar-refractivity contribution < 1.29 is 4.74 Å². The van der Waals surface area contributed by atoms with Crippen LogP contribution in [0.5, 0.6) is 5.75 Å². The first-order valence-corrected chi connectivity index (χ1v) is 5.55. The molecule has 2 rings (SSSR count). The third kappa shape index (κ3) is 2.04. The Bertz CT molecular complexity index is 703. The van der Waals surface area contributed by atoms with Crippen LogP contribution in [0.1, 0.15) is 0 Å². The lowest BCUT2D eigenvalue weighted by Gasteiger charge is -2.09. The molecule has 0 N–H and O–H groups in total. The van der Waals surface area contributed by atoms with Crippen molar-refractivity contribution >= 4 is 11.6 Å². The molecule has 0 atom stereocenters. The second kappa shape index (κ2) is 4.70. The van der Waals surface area contributed by atoms with Crippen LogP contribution < -0.4 is 16.0 Å². The smallest absolute Gasteiger partial charge is 0.335 e. The Morgan fingerprint density at radius 2 is 1.94 bits per heavy atom. The monoisotopic (exact) mass is 266 g/mol. The molecular formula is C12H11ClN2O3. The molecule has 0 radical (unpaired) electrons. The molecule has 18 heavy (non-hydrogen) atoms. The summed E-state index contributed by atoms with van der Waals surface area (Å²) in [7, 11) is 2.94. The van der Waals surface area contributed by atoms with Crippen LogP contribution in [0.2, 0.25) is 5.02 Å². The van der Waals surface area contributed by atoms with Gasteiger partial charge in [-0.15, -0.1) is 0 Å². The van der Waals surface area contributed by atoms with Gasteiger partial charge in [0.1, 0.15) is 5.75 Å². The maximum absolute atomic E-state index is 11.9. The minimum Gasteiger partial charge on any atom is -0.495 e. The van der Waals surface area contributed by atoms with Crippen LogP contribution in [-0.4, -0.2) is 16.2 Å². The molecule has 0 spiro atoms. The molecule has 1 aromatic heterocycles. The molecule has 2 aromatic rings. The Balaban J connectivity index is 2.63. The van der Waals surface area contributed by atoms with Gasteiger partial charge in [-0.1, -0.05) is 11.6 Å². The molecule has 0 aliphatic carbocycles. The zero-order valence-electron chi connectivity index (χ0n) is 9.88. The molecular weight excluding hydrogens is 256 g/mol. The second-order valence-electron chi connectivity index (χ2n) is 3.68. The predicted molar refractivity (Wildman–Crippen MR) is 68.8 cm³/mol. The summed E-state index contributed by atoms with van der Waals surface area (Å²) in [5, 5.41) is 0.399. The van der Waals surface area contributed by atoms with Gasteiger partial charge in [0.15, 0.2) is 0 Å². The highest BCUT2D eigenvalue weighted by Gasteiger charge is 2.06. The average Bonchev–Trinajstić information content (AvgIpc) is 2.36. The van der Waals surface area contributed by atoms with E-state index in [2.05, 4.69) is 0 Å². The first-order valence-electron chi connectivity index (χ1n) is 5.17. The second-order valence-corrected chi connectivity index (χ2v) is 4.09. The van der Waals surface area contributed by atoms with Gasteiger partial charge in [0.25, 0.3) is 5.56 Å². The molecule has 1 aromatic carbocycles. The Morgan fingerprint density at radius 1 is 1.22 bits per heavy atom. The lowest BCUT2D eigenvalue weighted by atomic mass is 10.3. The minimum atomic E-state index is -0.427. The van der Waals surface area contributed by atoms with Gasteiger partial charge in [-0.25, -0.2) is 4.79 Å². The fourth-order valence-corrected chi connectivity index (χ4v) is 1.82.